The summed E-state index contributed by atoms with van der Waals surface area (Å²) in [4.78, 5) is 11.6. The number of aryl methyl sites for hydroxylation is 1. The van der Waals surface area contributed by atoms with Gasteiger partial charge in [-0.15, -0.1) is 0 Å². The molecule has 0 fully saturated rings. The van der Waals surface area contributed by atoms with Crippen LogP contribution in [0.3, 0.4) is 0 Å². The largest absolute Gasteiger partial charge is 0.313 e. The van der Waals surface area contributed by atoms with Gasteiger partial charge in [0.2, 0.25) is 0 Å². The van der Waals surface area contributed by atoms with Crippen LogP contribution in [-0.4, -0.2) is 10.7 Å². The van der Waals surface area contributed by atoms with Crippen molar-refractivity contribution in [3.8, 4) is 11.1 Å². The number of hydrogen-bond donors (Lipinski definition) is 0. The fourth-order valence-electron chi connectivity index (χ4n) is 2.95. The first kappa shape index (κ1) is 15.5. The first-order valence-electron chi connectivity index (χ1n) is 8.14. The zero-order valence-corrected chi connectivity index (χ0v) is 14.3. The molecule has 0 spiro atoms. The third-order valence-corrected chi connectivity index (χ3v) is 4.93. The molecule has 0 N–H and O–H groups in total. The highest BCUT2D eigenvalue weighted by atomic mass is 16.1. The highest BCUT2D eigenvalue weighted by Crippen LogP contribution is 2.31. The van der Waals surface area contributed by atoms with Crippen LogP contribution in [0, 0.1) is 6.92 Å². The number of aldehydes is 1. The molecular formula is C21H23NO. The fourth-order valence-corrected chi connectivity index (χ4v) is 2.95. The lowest BCUT2D eigenvalue weighted by Crippen LogP contribution is -2.14. The fraction of sp³-hybridized carbons (Fsp3) is 0.286. The summed E-state index contributed by atoms with van der Waals surface area (Å²) in [5, 5.41) is 0. The zero-order chi connectivity index (χ0) is 16.6. The highest BCUT2D eigenvalue weighted by molar-refractivity contribution is 5.89. The van der Waals surface area contributed by atoms with Gasteiger partial charge in [0.1, 0.15) is 0 Å². The van der Waals surface area contributed by atoms with E-state index in [4.69, 9.17) is 0 Å². The minimum absolute atomic E-state index is 0.175. The van der Waals surface area contributed by atoms with Gasteiger partial charge >= 0.3 is 0 Å². The van der Waals surface area contributed by atoms with Gasteiger partial charge in [0.05, 0.1) is 5.69 Å². The Morgan fingerprint density at radius 2 is 1.78 bits per heavy atom. The van der Waals surface area contributed by atoms with Crippen molar-refractivity contribution >= 4 is 11.8 Å². The van der Waals surface area contributed by atoms with Gasteiger partial charge in [-0.2, -0.15) is 0 Å². The molecule has 0 radical (unpaired) electrons. The Bertz CT molecular complexity index is 853. The van der Waals surface area contributed by atoms with Crippen LogP contribution in [0.4, 0.5) is 0 Å². The van der Waals surface area contributed by atoms with Crippen LogP contribution < -0.4 is 0 Å². The summed E-state index contributed by atoms with van der Waals surface area (Å²) in [5.74, 6) is 0. The average molecular weight is 305 g/mol. The van der Waals surface area contributed by atoms with Crippen molar-refractivity contribution in [3.05, 3.63) is 65.5 Å². The SMILES string of the molecule is CCC(C)(C)c1ccc(-c2cc3ccc(C)cn3c2C=O)cc1. The maximum absolute atomic E-state index is 11.6. The first-order chi connectivity index (χ1) is 11.0. The second-order valence-corrected chi connectivity index (χ2v) is 6.88. The molecule has 3 aromatic rings. The van der Waals surface area contributed by atoms with Crippen LogP contribution in [-0.2, 0) is 5.41 Å². The minimum Gasteiger partial charge on any atom is -0.313 e. The monoisotopic (exact) mass is 305 g/mol. The first-order valence-corrected chi connectivity index (χ1v) is 8.14. The molecule has 0 amide bonds. The summed E-state index contributed by atoms with van der Waals surface area (Å²) in [6, 6.07) is 14.8. The predicted octanol–water partition coefficient (Wildman–Crippen LogP) is 5.41. The molecule has 0 saturated heterocycles. The van der Waals surface area contributed by atoms with Crippen LogP contribution >= 0.6 is 0 Å². The molecule has 2 aromatic heterocycles. The van der Waals surface area contributed by atoms with Crippen molar-refractivity contribution < 1.29 is 4.79 Å². The van der Waals surface area contributed by atoms with Gasteiger partial charge in [-0.05, 0) is 47.6 Å². The number of carbonyl (C=O) groups is 1. The molecule has 0 atom stereocenters. The normalized spacial score (nSPS) is 11.8. The molecule has 23 heavy (non-hydrogen) atoms. The molecule has 2 heterocycles. The van der Waals surface area contributed by atoms with Gasteiger partial charge in [0.25, 0.3) is 0 Å². The predicted molar refractivity (Wildman–Crippen MR) is 96.3 cm³/mol. The Balaban J connectivity index is 2.12. The number of aromatic nitrogens is 1. The quantitative estimate of drug-likeness (QED) is 0.590. The Labute approximate surface area is 137 Å². The summed E-state index contributed by atoms with van der Waals surface area (Å²) in [5.41, 5.74) is 6.49. The molecule has 2 heteroatoms. The average Bonchev–Trinajstić information content (AvgIpc) is 2.92. The van der Waals surface area contributed by atoms with Crippen molar-refractivity contribution in [3.63, 3.8) is 0 Å². The van der Waals surface area contributed by atoms with E-state index < -0.39 is 0 Å². The summed E-state index contributed by atoms with van der Waals surface area (Å²) in [6.07, 6.45) is 4.06. The second-order valence-electron chi connectivity index (χ2n) is 6.88. The minimum atomic E-state index is 0.175. The molecule has 0 aliphatic rings. The number of fused-ring (bicyclic) bond motifs is 1. The summed E-state index contributed by atoms with van der Waals surface area (Å²) in [6.45, 7) is 8.76. The smallest absolute Gasteiger partial charge is 0.167 e. The molecule has 1 aromatic carbocycles. The number of pyridine rings is 1. The maximum Gasteiger partial charge on any atom is 0.167 e. The molecular weight excluding hydrogens is 282 g/mol. The molecule has 2 nitrogen and oxygen atoms in total. The van der Waals surface area contributed by atoms with Crippen molar-refractivity contribution in [1.29, 1.82) is 0 Å². The molecule has 3 rings (SSSR count). The summed E-state index contributed by atoms with van der Waals surface area (Å²) >= 11 is 0. The van der Waals surface area contributed by atoms with Crippen LogP contribution in [0.5, 0.6) is 0 Å². The summed E-state index contributed by atoms with van der Waals surface area (Å²) in [7, 11) is 0. The van der Waals surface area contributed by atoms with E-state index in [2.05, 4.69) is 63.2 Å². The molecule has 118 valence electrons. The van der Waals surface area contributed by atoms with Gasteiger partial charge in [-0.25, -0.2) is 0 Å². The zero-order valence-electron chi connectivity index (χ0n) is 14.3. The third-order valence-electron chi connectivity index (χ3n) is 4.93. The summed E-state index contributed by atoms with van der Waals surface area (Å²) < 4.78 is 1.97. The van der Waals surface area contributed by atoms with Crippen molar-refractivity contribution in [2.75, 3.05) is 0 Å². The molecule has 0 saturated carbocycles. The van der Waals surface area contributed by atoms with Crippen molar-refractivity contribution in [2.45, 2.75) is 39.5 Å². The van der Waals surface area contributed by atoms with E-state index in [0.29, 0.717) is 5.69 Å². The van der Waals surface area contributed by atoms with E-state index in [9.17, 15) is 4.79 Å². The maximum atomic E-state index is 11.6. The lowest BCUT2D eigenvalue weighted by molar-refractivity contribution is 0.111. The Morgan fingerprint density at radius 1 is 1.09 bits per heavy atom. The van der Waals surface area contributed by atoms with Gasteiger partial charge in [-0.1, -0.05) is 51.1 Å². The Morgan fingerprint density at radius 3 is 2.39 bits per heavy atom. The Hall–Kier alpha value is -2.35. The van der Waals surface area contributed by atoms with Gasteiger partial charge < -0.3 is 4.40 Å². The van der Waals surface area contributed by atoms with E-state index in [0.717, 1.165) is 34.9 Å². The van der Waals surface area contributed by atoms with Crippen LogP contribution in [0.1, 0.15) is 48.8 Å². The molecule has 0 aliphatic carbocycles. The van der Waals surface area contributed by atoms with Crippen LogP contribution in [0.2, 0.25) is 0 Å². The van der Waals surface area contributed by atoms with Crippen LogP contribution in [0.25, 0.3) is 16.6 Å². The van der Waals surface area contributed by atoms with Crippen molar-refractivity contribution in [2.24, 2.45) is 0 Å². The van der Waals surface area contributed by atoms with E-state index in [1.807, 2.05) is 17.5 Å². The number of benzene rings is 1. The third kappa shape index (κ3) is 2.70. The lowest BCUT2D eigenvalue weighted by atomic mass is 9.82. The Kier molecular flexibility index (Phi) is 3.85. The lowest BCUT2D eigenvalue weighted by Gasteiger charge is -2.23. The van der Waals surface area contributed by atoms with Crippen LogP contribution in [0.15, 0.2) is 48.7 Å². The number of rotatable bonds is 4. The molecule has 0 bridgehead atoms. The second kappa shape index (κ2) is 5.69. The van der Waals surface area contributed by atoms with Crippen molar-refractivity contribution in [1.82, 2.24) is 4.40 Å². The number of hydrogen-bond acceptors (Lipinski definition) is 1. The highest BCUT2D eigenvalue weighted by Gasteiger charge is 2.18. The number of nitrogens with zero attached hydrogens (tertiary/aromatic N) is 1. The van der Waals surface area contributed by atoms with Gasteiger partial charge in [0.15, 0.2) is 6.29 Å². The van der Waals surface area contributed by atoms with E-state index in [1.165, 1.54) is 5.56 Å². The van der Waals surface area contributed by atoms with Gasteiger partial charge in [-0.3, -0.25) is 4.79 Å². The van der Waals surface area contributed by atoms with E-state index in [1.54, 1.807) is 0 Å². The number of carbonyl (C=O) groups excluding carboxylic acids is 1. The van der Waals surface area contributed by atoms with Gasteiger partial charge in [0, 0.05) is 17.3 Å². The van der Waals surface area contributed by atoms with E-state index in [-0.39, 0.29) is 5.41 Å². The molecule has 0 aliphatic heterocycles. The standard InChI is InChI=1S/C21H23NO/c1-5-21(3,4)17-9-7-16(8-10-17)19-12-18-11-6-15(2)13-22(18)20(19)14-23/h6-14H,5H2,1-4H3. The molecule has 0 unspecified atom stereocenters. The van der Waals surface area contributed by atoms with E-state index >= 15 is 0 Å². The topological polar surface area (TPSA) is 21.5 Å².